The quantitative estimate of drug-likeness (QED) is 0.409. The highest BCUT2D eigenvalue weighted by Crippen LogP contribution is 2.30. The fourth-order valence-corrected chi connectivity index (χ4v) is 6.47. The van der Waals surface area contributed by atoms with Gasteiger partial charge < -0.3 is 5.32 Å². The number of nitrogens with one attached hydrogen (secondary N) is 1. The molecule has 0 saturated carbocycles. The number of carbonyl (C=O) groups is 1. The predicted octanol–water partition coefficient (Wildman–Crippen LogP) is 5.12. The third-order valence-electron chi connectivity index (χ3n) is 6.14. The lowest BCUT2D eigenvalue weighted by Crippen LogP contribution is -2.34. The summed E-state index contributed by atoms with van der Waals surface area (Å²) in [7, 11) is -5.97. The maximum Gasteiger partial charge on any atom is 0.257 e. The van der Waals surface area contributed by atoms with Crippen molar-refractivity contribution in [3.05, 3.63) is 94.0 Å². The van der Waals surface area contributed by atoms with Crippen LogP contribution in [0.1, 0.15) is 22.3 Å². The first-order valence-electron chi connectivity index (χ1n) is 11.5. The van der Waals surface area contributed by atoms with Gasteiger partial charge in [0.15, 0.2) is 0 Å². The van der Waals surface area contributed by atoms with Crippen molar-refractivity contribution in [3.63, 3.8) is 0 Å². The van der Waals surface area contributed by atoms with Gasteiger partial charge >= 0.3 is 0 Å². The van der Waals surface area contributed by atoms with Crippen LogP contribution in [-0.4, -0.2) is 53.4 Å². The van der Waals surface area contributed by atoms with Crippen molar-refractivity contribution >= 4 is 66.1 Å². The molecule has 4 rings (SSSR count). The second-order valence-corrected chi connectivity index (χ2v) is 13.6. The summed E-state index contributed by atoms with van der Waals surface area (Å²) in [6, 6.07) is 17.4. The number of hydrogen-bond acceptors (Lipinski definition) is 5. The van der Waals surface area contributed by atoms with Crippen LogP contribution in [0.25, 0.3) is 5.57 Å². The van der Waals surface area contributed by atoms with Gasteiger partial charge in [0.1, 0.15) is 0 Å². The van der Waals surface area contributed by atoms with Crippen LogP contribution in [0.3, 0.4) is 0 Å². The number of carbonyl (C=O) groups excluding carboxylic acids is 1. The zero-order chi connectivity index (χ0) is 27.7. The van der Waals surface area contributed by atoms with Crippen molar-refractivity contribution in [2.24, 2.45) is 0 Å². The molecule has 0 saturated heterocycles. The van der Waals surface area contributed by atoms with Gasteiger partial charge in [-0.3, -0.25) is 9.10 Å². The number of nitrogens with zero attached hydrogens (tertiary/aromatic N) is 2. The maximum atomic E-state index is 13.2. The first-order chi connectivity index (χ1) is 17.9. The van der Waals surface area contributed by atoms with E-state index in [9.17, 15) is 21.6 Å². The summed E-state index contributed by atoms with van der Waals surface area (Å²) < 4.78 is 52.8. The average molecular weight is 595 g/mol. The summed E-state index contributed by atoms with van der Waals surface area (Å²) in [6.45, 7) is 0.492. The molecule has 0 fully saturated rings. The molecule has 0 radical (unpaired) electrons. The first kappa shape index (κ1) is 28.1. The van der Waals surface area contributed by atoms with Crippen molar-refractivity contribution < 1.29 is 21.6 Å². The molecule has 12 heteroatoms. The number of benzene rings is 3. The van der Waals surface area contributed by atoms with Gasteiger partial charge in [-0.15, -0.1) is 0 Å². The Hall–Kier alpha value is -2.89. The normalized spacial score (nSPS) is 14.6. The maximum absolute atomic E-state index is 13.2. The third kappa shape index (κ3) is 6.22. The minimum Gasteiger partial charge on any atom is -0.322 e. The van der Waals surface area contributed by atoms with Gasteiger partial charge in [0.05, 0.1) is 22.4 Å². The molecular weight excluding hydrogens is 569 g/mol. The van der Waals surface area contributed by atoms with E-state index in [-0.39, 0.29) is 22.7 Å². The highest BCUT2D eigenvalue weighted by Gasteiger charge is 2.27. The SMILES string of the molecule is CN(c1ccccc1C(=O)Nc1ccc(S(=O)(=O)N2CC=C(c3cc(Cl)cc(Cl)c3)CC2)cc1)S(C)(=O)=O. The Kier molecular flexibility index (Phi) is 8.20. The molecule has 0 unspecified atom stereocenters. The molecule has 1 N–H and O–H groups in total. The van der Waals surface area contributed by atoms with Crippen LogP contribution in [0.2, 0.25) is 10.0 Å². The molecule has 1 aliphatic heterocycles. The minimum atomic E-state index is -3.77. The second kappa shape index (κ2) is 11.1. The van der Waals surface area contributed by atoms with Crippen LogP contribution in [-0.2, 0) is 20.0 Å². The molecule has 38 heavy (non-hydrogen) atoms. The Morgan fingerprint density at radius 1 is 0.947 bits per heavy atom. The zero-order valence-corrected chi connectivity index (χ0v) is 23.7. The van der Waals surface area contributed by atoms with E-state index >= 15 is 0 Å². The van der Waals surface area contributed by atoms with E-state index in [1.165, 1.54) is 47.8 Å². The van der Waals surface area contributed by atoms with E-state index in [1.807, 2.05) is 6.08 Å². The minimum absolute atomic E-state index is 0.0929. The Bertz CT molecular complexity index is 1600. The molecule has 0 atom stereocenters. The molecule has 3 aromatic carbocycles. The molecule has 200 valence electrons. The van der Waals surface area contributed by atoms with Crippen LogP contribution in [0, 0.1) is 0 Å². The highest BCUT2D eigenvalue weighted by atomic mass is 35.5. The summed E-state index contributed by atoms with van der Waals surface area (Å²) >= 11 is 12.2. The molecule has 8 nitrogen and oxygen atoms in total. The monoisotopic (exact) mass is 593 g/mol. The summed E-state index contributed by atoms with van der Waals surface area (Å²) in [4.78, 5) is 13.0. The number of para-hydroxylation sites is 1. The lowest BCUT2D eigenvalue weighted by atomic mass is 10.0. The molecule has 0 bridgehead atoms. The molecule has 1 amide bonds. The number of rotatable bonds is 7. The van der Waals surface area contributed by atoms with E-state index in [0.29, 0.717) is 28.7 Å². The largest absolute Gasteiger partial charge is 0.322 e. The van der Waals surface area contributed by atoms with E-state index in [1.54, 1.807) is 30.3 Å². The summed E-state index contributed by atoms with van der Waals surface area (Å²) in [5, 5.41) is 3.73. The lowest BCUT2D eigenvalue weighted by Gasteiger charge is -2.26. The Balaban J connectivity index is 1.48. The lowest BCUT2D eigenvalue weighted by molar-refractivity contribution is 0.102. The van der Waals surface area contributed by atoms with Crippen molar-refractivity contribution in [2.45, 2.75) is 11.3 Å². The van der Waals surface area contributed by atoms with E-state index in [2.05, 4.69) is 5.32 Å². The van der Waals surface area contributed by atoms with Crippen LogP contribution in [0.5, 0.6) is 0 Å². The van der Waals surface area contributed by atoms with Crippen molar-refractivity contribution in [1.29, 1.82) is 0 Å². The van der Waals surface area contributed by atoms with Crippen LogP contribution in [0.4, 0.5) is 11.4 Å². The van der Waals surface area contributed by atoms with Crippen molar-refractivity contribution in [3.8, 4) is 0 Å². The van der Waals surface area contributed by atoms with Crippen LogP contribution >= 0.6 is 23.2 Å². The van der Waals surface area contributed by atoms with Gasteiger partial charge in [-0.2, -0.15) is 4.31 Å². The number of amides is 1. The van der Waals surface area contributed by atoms with Crippen LogP contribution in [0.15, 0.2) is 77.7 Å². The van der Waals surface area contributed by atoms with E-state index in [0.717, 1.165) is 21.7 Å². The Labute approximate surface area is 232 Å². The van der Waals surface area contributed by atoms with Gasteiger partial charge in [-0.05, 0) is 72.2 Å². The van der Waals surface area contributed by atoms with Crippen molar-refractivity contribution in [2.75, 3.05) is 36.0 Å². The third-order valence-corrected chi connectivity index (χ3v) is 9.65. The highest BCUT2D eigenvalue weighted by molar-refractivity contribution is 7.92. The number of anilines is 2. The summed E-state index contributed by atoms with van der Waals surface area (Å²) in [5.41, 5.74) is 2.59. The first-order valence-corrected chi connectivity index (χ1v) is 15.5. The van der Waals surface area contributed by atoms with E-state index in [4.69, 9.17) is 23.2 Å². The van der Waals surface area contributed by atoms with Gasteiger partial charge in [-0.1, -0.05) is 41.4 Å². The fourth-order valence-electron chi connectivity index (χ4n) is 4.05. The zero-order valence-electron chi connectivity index (χ0n) is 20.6. The van der Waals surface area contributed by atoms with E-state index < -0.39 is 26.0 Å². The molecule has 1 heterocycles. The Morgan fingerprint density at radius 3 is 2.16 bits per heavy atom. The molecule has 0 spiro atoms. The number of sulfonamides is 2. The van der Waals surface area contributed by atoms with Crippen LogP contribution < -0.4 is 9.62 Å². The summed E-state index contributed by atoms with van der Waals surface area (Å²) in [6.07, 6.45) is 3.40. The smallest absolute Gasteiger partial charge is 0.257 e. The summed E-state index contributed by atoms with van der Waals surface area (Å²) in [5.74, 6) is -0.526. The Morgan fingerprint density at radius 2 is 1.58 bits per heavy atom. The molecule has 3 aromatic rings. The number of hydrogen-bond donors (Lipinski definition) is 1. The molecule has 0 aromatic heterocycles. The number of halogens is 2. The standard InChI is InChI=1S/C26H25Cl2N3O5S2/c1-30(37(2,33)34)25-6-4-3-5-24(25)26(32)29-22-7-9-23(10-8-22)38(35,36)31-13-11-18(12-14-31)19-15-20(27)17-21(28)16-19/h3-11,15-17H,12-14H2,1-2H3,(H,29,32). The molecule has 0 aliphatic carbocycles. The van der Waals surface area contributed by atoms with Gasteiger partial charge in [0.2, 0.25) is 20.0 Å². The average Bonchev–Trinajstić information content (AvgIpc) is 2.87. The molecule has 1 aliphatic rings. The predicted molar refractivity (Wildman–Crippen MR) is 152 cm³/mol. The van der Waals surface area contributed by atoms with Gasteiger partial charge in [-0.25, -0.2) is 16.8 Å². The topological polar surface area (TPSA) is 104 Å². The molecular formula is C26H25Cl2N3O5S2. The fraction of sp³-hybridized carbons (Fsp3) is 0.192. The van der Waals surface area contributed by atoms with Gasteiger partial charge in [0.25, 0.3) is 5.91 Å². The van der Waals surface area contributed by atoms with Gasteiger partial charge in [0, 0.05) is 35.9 Å². The van der Waals surface area contributed by atoms with Crippen molar-refractivity contribution in [1.82, 2.24) is 4.31 Å². The second-order valence-electron chi connectivity index (χ2n) is 8.73.